The van der Waals surface area contributed by atoms with E-state index >= 15 is 0 Å². The van der Waals surface area contributed by atoms with E-state index < -0.39 is 0 Å². The van der Waals surface area contributed by atoms with Gasteiger partial charge >= 0.3 is 0 Å². The van der Waals surface area contributed by atoms with E-state index in [-0.39, 0.29) is 17.9 Å². The van der Waals surface area contributed by atoms with E-state index in [1.165, 1.54) is 0 Å². The average molecular weight is 329 g/mol. The van der Waals surface area contributed by atoms with Crippen LogP contribution in [0.15, 0.2) is 18.3 Å². The lowest BCUT2D eigenvalue weighted by molar-refractivity contribution is -0.125. The number of hydrogen-bond donors (Lipinski definition) is 1. The van der Waals surface area contributed by atoms with Crippen molar-refractivity contribution >= 4 is 17.4 Å². The highest BCUT2D eigenvalue weighted by Gasteiger charge is 2.31. The Bertz CT molecular complexity index is 738. The molecule has 0 saturated carbocycles. The molecule has 24 heavy (non-hydrogen) atoms. The minimum absolute atomic E-state index is 0.0342. The molecule has 7 heteroatoms. The molecule has 0 bridgehead atoms. The summed E-state index contributed by atoms with van der Waals surface area (Å²) in [5.74, 6) is 1.22. The lowest BCUT2D eigenvalue weighted by Crippen LogP contribution is -2.42. The SMILES string of the molecule is Cc1cc(N2CCC(C(=O)NC3CCOCC3)C2)n2nccc2n1. The van der Waals surface area contributed by atoms with E-state index in [0.29, 0.717) is 0 Å². The van der Waals surface area contributed by atoms with Crippen LogP contribution in [0, 0.1) is 12.8 Å². The standard InChI is InChI=1S/C17H23N5O2/c1-12-10-16(22-15(19-12)2-6-18-22)21-7-3-13(11-21)17(23)20-14-4-8-24-9-5-14/h2,6,10,13-14H,3-5,7-9,11H2,1H3,(H,20,23). The first-order valence-electron chi connectivity index (χ1n) is 8.65. The van der Waals surface area contributed by atoms with Crippen LogP contribution in [0.1, 0.15) is 25.0 Å². The molecule has 7 nitrogen and oxygen atoms in total. The third-order valence-electron chi connectivity index (χ3n) is 4.92. The van der Waals surface area contributed by atoms with Crippen molar-refractivity contribution in [3.8, 4) is 0 Å². The van der Waals surface area contributed by atoms with Gasteiger partial charge in [-0.05, 0) is 26.2 Å². The topological polar surface area (TPSA) is 71.8 Å². The van der Waals surface area contributed by atoms with Crippen LogP contribution in [0.3, 0.4) is 0 Å². The van der Waals surface area contributed by atoms with E-state index in [1.807, 2.05) is 23.6 Å². The van der Waals surface area contributed by atoms with Crippen molar-refractivity contribution in [2.45, 2.75) is 32.2 Å². The molecule has 0 spiro atoms. The van der Waals surface area contributed by atoms with E-state index in [4.69, 9.17) is 4.74 Å². The monoisotopic (exact) mass is 329 g/mol. The minimum Gasteiger partial charge on any atom is -0.381 e. The lowest BCUT2D eigenvalue weighted by Gasteiger charge is -2.25. The molecule has 2 aliphatic heterocycles. The number of aryl methyl sites for hydroxylation is 1. The fourth-order valence-electron chi connectivity index (χ4n) is 3.59. The quantitative estimate of drug-likeness (QED) is 0.915. The van der Waals surface area contributed by atoms with Gasteiger partial charge in [-0.15, -0.1) is 0 Å². The molecular formula is C17H23N5O2. The van der Waals surface area contributed by atoms with Crippen LogP contribution < -0.4 is 10.2 Å². The molecule has 2 saturated heterocycles. The molecule has 4 heterocycles. The van der Waals surface area contributed by atoms with Crippen molar-refractivity contribution < 1.29 is 9.53 Å². The van der Waals surface area contributed by atoms with E-state index in [1.54, 1.807) is 6.20 Å². The highest BCUT2D eigenvalue weighted by Crippen LogP contribution is 2.25. The zero-order chi connectivity index (χ0) is 16.5. The molecule has 0 aromatic carbocycles. The molecule has 128 valence electrons. The molecule has 2 fully saturated rings. The number of nitrogens with zero attached hydrogens (tertiary/aromatic N) is 4. The predicted molar refractivity (Wildman–Crippen MR) is 90.0 cm³/mol. The van der Waals surface area contributed by atoms with Gasteiger partial charge in [-0.1, -0.05) is 0 Å². The fraction of sp³-hybridized carbons (Fsp3) is 0.588. The number of carbonyl (C=O) groups is 1. The van der Waals surface area contributed by atoms with Gasteiger partial charge in [0.05, 0.1) is 12.1 Å². The van der Waals surface area contributed by atoms with Gasteiger partial charge in [0.15, 0.2) is 5.65 Å². The molecule has 2 aromatic rings. The summed E-state index contributed by atoms with van der Waals surface area (Å²) in [5, 5.41) is 7.56. The molecule has 2 aliphatic rings. The summed E-state index contributed by atoms with van der Waals surface area (Å²) in [6.07, 6.45) is 4.47. The van der Waals surface area contributed by atoms with Crippen LogP contribution >= 0.6 is 0 Å². The van der Waals surface area contributed by atoms with Crippen molar-refractivity contribution in [3.05, 3.63) is 24.0 Å². The Kier molecular flexibility index (Phi) is 4.10. The number of anilines is 1. The van der Waals surface area contributed by atoms with Gasteiger partial charge in [-0.2, -0.15) is 9.61 Å². The summed E-state index contributed by atoms with van der Waals surface area (Å²) in [4.78, 5) is 19.3. The second-order valence-corrected chi connectivity index (χ2v) is 6.68. The van der Waals surface area contributed by atoms with Crippen LogP contribution in [0.2, 0.25) is 0 Å². The van der Waals surface area contributed by atoms with E-state index in [0.717, 1.165) is 62.7 Å². The normalized spacial score (nSPS) is 22.2. The van der Waals surface area contributed by atoms with Crippen molar-refractivity contribution in [1.29, 1.82) is 0 Å². The lowest BCUT2D eigenvalue weighted by atomic mass is 10.1. The molecule has 1 unspecified atom stereocenters. The van der Waals surface area contributed by atoms with E-state index in [9.17, 15) is 4.79 Å². The summed E-state index contributed by atoms with van der Waals surface area (Å²) in [6.45, 7) is 5.07. The Morgan fingerprint density at radius 1 is 1.33 bits per heavy atom. The van der Waals surface area contributed by atoms with Crippen molar-refractivity contribution in [2.75, 3.05) is 31.2 Å². The smallest absolute Gasteiger partial charge is 0.225 e. The maximum Gasteiger partial charge on any atom is 0.225 e. The summed E-state index contributed by atoms with van der Waals surface area (Å²) in [5.41, 5.74) is 1.81. The van der Waals surface area contributed by atoms with Gasteiger partial charge in [0.25, 0.3) is 0 Å². The maximum atomic E-state index is 12.6. The zero-order valence-corrected chi connectivity index (χ0v) is 13.9. The van der Waals surface area contributed by atoms with Crippen molar-refractivity contribution in [3.63, 3.8) is 0 Å². The van der Waals surface area contributed by atoms with Crippen molar-refractivity contribution in [2.24, 2.45) is 5.92 Å². The molecule has 1 atom stereocenters. The van der Waals surface area contributed by atoms with Gasteiger partial charge in [0.1, 0.15) is 5.82 Å². The number of amides is 1. The molecule has 1 N–H and O–H groups in total. The Morgan fingerprint density at radius 3 is 3.00 bits per heavy atom. The van der Waals surface area contributed by atoms with Gasteiger partial charge in [-0.25, -0.2) is 4.98 Å². The minimum atomic E-state index is 0.0342. The molecule has 0 radical (unpaired) electrons. The van der Waals surface area contributed by atoms with Crippen molar-refractivity contribution in [1.82, 2.24) is 19.9 Å². The summed E-state index contributed by atoms with van der Waals surface area (Å²) in [6, 6.07) is 4.21. The Hall–Kier alpha value is -2.15. The van der Waals surface area contributed by atoms with Crippen LogP contribution in [-0.4, -0.2) is 52.9 Å². The summed E-state index contributed by atoms with van der Waals surface area (Å²) < 4.78 is 7.20. The molecule has 1 amide bonds. The Labute approximate surface area is 141 Å². The average Bonchev–Trinajstić information content (AvgIpc) is 3.24. The predicted octanol–water partition coefficient (Wildman–Crippen LogP) is 1.16. The number of rotatable bonds is 3. The Balaban J connectivity index is 1.45. The Morgan fingerprint density at radius 2 is 2.17 bits per heavy atom. The molecular weight excluding hydrogens is 306 g/mol. The summed E-state index contributed by atoms with van der Waals surface area (Å²) in [7, 11) is 0. The number of nitrogens with one attached hydrogen (secondary N) is 1. The van der Waals surface area contributed by atoms with E-state index in [2.05, 4.69) is 20.3 Å². The third-order valence-corrected chi connectivity index (χ3v) is 4.92. The number of fused-ring (bicyclic) bond motifs is 1. The van der Waals surface area contributed by atoms with Gasteiger partial charge in [0.2, 0.25) is 5.91 Å². The van der Waals surface area contributed by atoms with Gasteiger partial charge < -0.3 is 15.0 Å². The molecule has 4 rings (SSSR count). The fourth-order valence-corrected chi connectivity index (χ4v) is 3.59. The number of aromatic nitrogens is 3. The number of carbonyl (C=O) groups excluding carboxylic acids is 1. The second kappa shape index (κ2) is 6.39. The van der Waals surface area contributed by atoms with Crippen LogP contribution in [-0.2, 0) is 9.53 Å². The second-order valence-electron chi connectivity index (χ2n) is 6.68. The van der Waals surface area contributed by atoms with Crippen LogP contribution in [0.25, 0.3) is 5.65 Å². The first kappa shape index (κ1) is 15.4. The van der Waals surface area contributed by atoms with Gasteiger partial charge in [-0.3, -0.25) is 4.79 Å². The van der Waals surface area contributed by atoms with Crippen LogP contribution in [0.4, 0.5) is 5.82 Å². The zero-order valence-electron chi connectivity index (χ0n) is 13.9. The maximum absolute atomic E-state index is 12.6. The summed E-state index contributed by atoms with van der Waals surface area (Å²) >= 11 is 0. The number of hydrogen-bond acceptors (Lipinski definition) is 5. The molecule has 0 aliphatic carbocycles. The first-order valence-corrected chi connectivity index (χ1v) is 8.65. The highest BCUT2D eigenvalue weighted by molar-refractivity contribution is 5.80. The number of ether oxygens (including phenoxy) is 1. The van der Waals surface area contributed by atoms with Gasteiger partial charge in [0, 0.05) is 50.2 Å². The third kappa shape index (κ3) is 2.96. The van der Waals surface area contributed by atoms with Crippen LogP contribution in [0.5, 0.6) is 0 Å². The largest absolute Gasteiger partial charge is 0.381 e. The molecule has 2 aromatic heterocycles. The highest BCUT2D eigenvalue weighted by atomic mass is 16.5. The first-order chi connectivity index (χ1) is 11.7.